The fourth-order valence-electron chi connectivity index (χ4n) is 2.73. The van der Waals surface area contributed by atoms with E-state index in [1.165, 1.54) is 18.3 Å². The van der Waals surface area contributed by atoms with Crippen molar-refractivity contribution in [2.24, 2.45) is 5.10 Å². The van der Waals surface area contributed by atoms with Gasteiger partial charge in [-0.2, -0.15) is 9.78 Å². The molecule has 8 nitrogen and oxygen atoms in total. The maximum Gasteiger partial charge on any atom is 0.313 e. The molecule has 0 aliphatic heterocycles. The van der Waals surface area contributed by atoms with E-state index in [0.29, 0.717) is 28.7 Å². The van der Waals surface area contributed by atoms with Crippen molar-refractivity contribution >= 4 is 50.3 Å². The summed E-state index contributed by atoms with van der Waals surface area (Å²) in [6.45, 7) is 5.36. The van der Waals surface area contributed by atoms with Crippen LogP contribution in [-0.2, 0) is 0 Å². The number of fused-ring (bicyclic) bond motifs is 1. The van der Waals surface area contributed by atoms with Crippen LogP contribution in [0, 0.1) is 17.0 Å². The fourth-order valence-corrected chi connectivity index (χ4v) is 3.36. The monoisotopic (exact) mass is 492 g/mol. The second-order valence-electron chi connectivity index (χ2n) is 6.63. The molecule has 3 aromatic rings. The molecule has 0 fully saturated rings. The van der Waals surface area contributed by atoms with E-state index in [2.05, 4.69) is 26.0 Å². The van der Waals surface area contributed by atoms with Crippen LogP contribution in [-0.4, -0.2) is 26.9 Å². The number of rotatable bonds is 6. The first-order valence-corrected chi connectivity index (χ1v) is 10.3. The molecule has 0 N–H and O–H groups in total. The second kappa shape index (κ2) is 8.93. The lowest BCUT2D eigenvalue weighted by atomic mass is 10.2. The number of nitrogens with zero attached hydrogens (tertiary/aromatic N) is 4. The number of hydrogen-bond acceptors (Lipinski definition) is 6. The zero-order chi connectivity index (χ0) is 22.0. The van der Waals surface area contributed by atoms with Gasteiger partial charge in [0.1, 0.15) is 5.82 Å². The number of ether oxygens (including phenoxy) is 1. The van der Waals surface area contributed by atoms with Gasteiger partial charge in [-0.15, -0.1) is 0 Å². The average molecular weight is 494 g/mol. The Morgan fingerprint density at radius 2 is 2.13 bits per heavy atom. The summed E-state index contributed by atoms with van der Waals surface area (Å²) in [5, 5.41) is 16.2. The third kappa shape index (κ3) is 4.52. The number of aromatic nitrogens is 2. The number of aryl methyl sites for hydroxylation is 1. The van der Waals surface area contributed by atoms with Crippen molar-refractivity contribution in [2.45, 2.75) is 33.3 Å². The summed E-state index contributed by atoms with van der Waals surface area (Å²) < 4.78 is 7.49. The van der Waals surface area contributed by atoms with Crippen molar-refractivity contribution in [3.63, 3.8) is 0 Å². The molecular formula is C20H18BrClN4O4. The van der Waals surface area contributed by atoms with Gasteiger partial charge in [0.05, 0.1) is 33.2 Å². The molecule has 2 aromatic carbocycles. The van der Waals surface area contributed by atoms with E-state index >= 15 is 0 Å². The topological polar surface area (TPSA) is 99.6 Å². The van der Waals surface area contributed by atoms with E-state index in [1.54, 1.807) is 32.0 Å². The van der Waals surface area contributed by atoms with Crippen LogP contribution in [0.25, 0.3) is 10.9 Å². The minimum absolute atomic E-state index is 0.0127. The van der Waals surface area contributed by atoms with E-state index in [1.807, 2.05) is 6.92 Å². The van der Waals surface area contributed by atoms with E-state index in [9.17, 15) is 14.9 Å². The van der Waals surface area contributed by atoms with Gasteiger partial charge in [-0.3, -0.25) is 14.9 Å². The van der Waals surface area contributed by atoms with Crippen LogP contribution in [0.3, 0.4) is 0 Å². The Labute approximate surface area is 185 Å². The summed E-state index contributed by atoms with van der Waals surface area (Å²) in [5.74, 6) is 0.391. The van der Waals surface area contributed by atoms with Gasteiger partial charge in [-0.1, -0.05) is 34.5 Å². The number of nitro groups is 1. The highest BCUT2D eigenvalue weighted by atomic mass is 79.9. The zero-order valence-corrected chi connectivity index (χ0v) is 18.8. The van der Waals surface area contributed by atoms with Crippen LogP contribution in [0.1, 0.15) is 31.7 Å². The van der Waals surface area contributed by atoms with Crippen molar-refractivity contribution in [2.75, 3.05) is 0 Å². The highest BCUT2D eigenvalue weighted by Gasteiger charge is 2.22. The summed E-state index contributed by atoms with van der Waals surface area (Å²) in [6, 6.07) is 8.01. The van der Waals surface area contributed by atoms with Crippen molar-refractivity contribution < 1.29 is 9.66 Å². The molecule has 0 aliphatic rings. The summed E-state index contributed by atoms with van der Waals surface area (Å²) >= 11 is 9.58. The van der Waals surface area contributed by atoms with Crippen molar-refractivity contribution in [3.8, 4) is 5.75 Å². The molecule has 0 bridgehead atoms. The van der Waals surface area contributed by atoms with Crippen LogP contribution in [0.15, 0.2) is 44.7 Å². The van der Waals surface area contributed by atoms with Crippen LogP contribution in [0.5, 0.6) is 5.75 Å². The van der Waals surface area contributed by atoms with Gasteiger partial charge in [-0.05, 0) is 44.5 Å². The minimum atomic E-state index is -0.562. The van der Waals surface area contributed by atoms with Crippen molar-refractivity contribution in [1.82, 2.24) is 9.66 Å². The Bertz CT molecular complexity index is 1230. The molecule has 0 unspecified atom stereocenters. The van der Waals surface area contributed by atoms with Gasteiger partial charge < -0.3 is 4.74 Å². The smallest absolute Gasteiger partial charge is 0.313 e. The molecule has 1 heterocycles. The van der Waals surface area contributed by atoms with Gasteiger partial charge in [0, 0.05) is 16.1 Å². The van der Waals surface area contributed by atoms with Crippen molar-refractivity contribution in [3.05, 3.63) is 71.7 Å². The largest absolute Gasteiger partial charge is 0.483 e. The molecular weight excluding hydrogens is 476 g/mol. The molecule has 1 aromatic heterocycles. The first kappa shape index (κ1) is 21.9. The predicted octanol–water partition coefficient (Wildman–Crippen LogP) is 5.09. The second-order valence-corrected chi connectivity index (χ2v) is 7.95. The zero-order valence-electron chi connectivity index (χ0n) is 16.4. The van der Waals surface area contributed by atoms with E-state index in [0.717, 1.165) is 9.15 Å². The van der Waals surface area contributed by atoms with Gasteiger partial charge in [-0.25, -0.2) is 4.98 Å². The van der Waals surface area contributed by atoms with Crippen LogP contribution < -0.4 is 10.3 Å². The van der Waals surface area contributed by atoms with Crippen LogP contribution in [0.2, 0.25) is 5.02 Å². The van der Waals surface area contributed by atoms with Gasteiger partial charge in [0.25, 0.3) is 5.56 Å². The summed E-state index contributed by atoms with van der Waals surface area (Å²) in [6.07, 6.45) is 1.76. The molecule has 30 heavy (non-hydrogen) atoms. The van der Waals surface area contributed by atoms with E-state index in [-0.39, 0.29) is 28.1 Å². The average Bonchev–Trinajstić information content (AvgIpc) is 2.69. The summed E-state index contributed by atoms with van der Waals surface area (Å²) in [5.41, 5.74) is 0.280. The molecule has 10 heteroatoms. The third-order valence-corrected chi connectivity index (χ3v) is 5.20. The maximum atomic E-state index is 12.8. The number of benzene rings is 2. The number of halogens is 2. The van der Waals surface area contributed by atoms with Crippen LogP contribution in [0.4, 0.5) is 5.69 Å². The first-order valence-electron chi connectivity index (χ1n) is 9.09. The van der Waals surface area contributed by atoms with Gasteiger partial charge in [0.15, 0.2) is 0 Å². The Morgan fingerprint density at radius 1 is 1.40 bits per heavy atom. The molecule has 0 amide bonds. The lowest BCUT2D eigenvalue weighted by molar-refractivity contribution is -0.386. The highest BCUT2D eigenvalue weighted by Crippen LogP contribution is 2.36. The minimum Gasteiger partial charge on any atom is -0.483 e. The summed E-state index contributed by atoms with van der Waals surface area (Å²) in [4.78, 5) is 28.1. The molecule has 1 atom stereocenters. The Hall–Kier alpha value is -2.78. The van der Waals surface area contributed by atoms with Crippen molar-refractivity contribution in [1.29, 1.82) is 0 Å². The summed E-state index contributed by atoms with van der Waals surface area (Å²) in [7, 11) is 0. The standard InChI is InChI=1S/C20H18BrClN4O4/c1-4-11(2)30-19-16(22)7-13(8-18(19)26(28)29)10-23-25-12(3)24-17-6-5-14(21)9-15(17)20(25)27/h5-11H,4H2,1-3H3/t11-/m1/s1. The normalized spacial score (nSPS) is 12.4. The maximum absolute atomic E-state index is 12.8. The Kier molecular flexibility index (Phi) is 6.52. The SMILES string of the molecule is CC[C@@H](C)Oc1c(Cl)cc(C=Nn2c(C)nc3ccc(Br)cc3c2=O)cc1[N+](=O)[O-]. The Morgan fingerprint density at radius 3 is 2.80 bits per heavy atom. The molecule has 0 saturated carbocycles. The first-order chi connectivity index (χ1) is 14.2. The molecule has 156 valence electrons. The van der Waals surface area contributed by atoms with Crippen LogP contribution >= 0.6 is 27.5 Å². The molecule has 0 radical (unpaired) electrons. The quantitative estimate of drug-likeness (QED) is 0.270. The van der Waals surface area contributed by atoms with Gasteiger partial charge >= 0.3 is 5.69 Å². The van der Waals surface area contributed by atoms with Gasteiger partial charge in [0.2, 0.25) is 5.75 Å². The molecule has 0 spiro atoms. The predicted molar refractivity (Wildman–Crippen MR) is 120 cm³/mol. The molecule has 0 aliphatic carbocycles. The van der Waals surface area contributed by atoms with E-state index < -0.39 is 4.92 Å². The number of hydrogen-bond donors (Lipinski definition) is 0. The Balaban J connectivity index is 2.06. The highest BCUT2D eigenvalue weighted by molar-refractivity contribution is 9.10. The lowest BCUT2D eigenvalue weighted by Gasteiger charge is -2.14. The fraction of sp³-hybridized carbons (Fsp3) is 0.250. The third-order valence-electron chi connectivity index (χ3n) is 4.43. The molecule has 3 rings (SSSR count). The van der Waals surface area contributed by atoms with E-state index in [4.69, 9.17) is 16.3 Å². The molecule has 0 saturated heterocycles. The lowest BCUT2D eigenvalue weighted by Crippen LogP contribution is -2.20. The number of nitro benzene ring substituents is 1.